The first-order valence-corrected chi connectivity index (χ1v) is 7.22. The second-order valence-electron chi connectivity index (χ2n) is 5.67. The fourth-order valence-corrected chi connectivity index (χ4v) is 2.57. The van der Waals surface area contributed by atoms with Gasteiger partial charge in [-0.15, -0.1) is 0 Å². The molecule has 0 aliphatic heterocycles. The minimum atomic E-state index is -0.0540. The van der Waals surface area contributed by atoms with E-state index in [0.29, 0.717) is 12.1 Å². The van der Waals surface area contributed by atoms with Crippen LogP contribution >= 0.6 is 0 Å². The van der Waals surface area contributed by atoms with Crippen LogP contribution in [-0.2, 0) is 0 Å². The summed E-state index contributed by atoms with van der Waals surface area (Å²) < 4.78 is 0. The number of hydrogen-bond donors (Lipinski definition) is 2. The van der Waals surface area contributed by atoms with E-state index in [2.05, 4.69) is 29.6 Å². The maximum Gasteiger partial charge on any atom is 0.251 e. The number of carbonyl (C=O) groups excluding carboxylic acids is 1. The smallest absolute Gasteiger partial charge is 0.251 e. The molecule has 0 spiro atoms. The molecule has 2 aromatic rings. The molecule has 0 bridgehead atoms. The Labute approximate surface area is 119 Å². The summed E-state index contributed by atoms with van der Waals surface area (Å²) in [7, 11) is 0. The standard InChI is InChI=1S/C17H20N2O/c1-11(10-18)19-17(20)14-7-8-16-13(9-14)3-2-4-15(16)12-5-6-12/h2-4,7-9,11-12H,5-6,10,18H2,1H3,(H,19,20). The second-order valence-corrected chi connectivity index (χ2v) is 5.67. The van der Waals surface area contributed by atoms with Gasteiger partial charge in [-0.3, -0.25) is 4.79 Å². The zero-order valence-electron chi connectivity index (χ0n) is 11.7. The van der Waals surface area contributed by atoms with Crippen molar-refractivity contribution < 1.29 is 4.79 Å². The third-order valence-electron chi connectivity index (χ3n) is 3.92. The highest BCUT2D eigenvalue weighted by Crippen LogP contribution is 2.43. The maximum absolute atomic E-state index is 12.1. The monoisotopic (exact) mass is 268 g/mol. The summed E-state index contributed by atoms with van der Waals surface area (Å²) in [6, 6.07) is 12.3. The minimum absolute atomic E-state index is 0.00371. The molecule has 2 aromatic carbocycles. The van der Waals surface area contributed by atoms with Gasteiger partial charge in [-0.25, -0.2) is 0 Å². The number of rotatable bonds is 4. The zero-order chi connectivity index (χ0) is 14.1. The second kappa shape index (κ2) is 5.25. The van der Waals surface area contributed by atoms with E-state index in [0.717, 1.165) is 11.3 Å². The molecule has 1 atom stereocenters. The van der Waals surface area contributed by atoms with Crippen LogP contribution in [0.5, 0.6) is 0 Å². The van der Waals surface area contributed by atoms with Gasteiger partial charge in [-0.2, -0.15) is 0 Å². The topological polar surface area (TPSA) is 55.1 Å². The van der Waals surface area contributed by atoms with E-state index < -0.39 is 0 Å². The number of fused-ring (bicyclic) bond motifs is 1. The predicted octanol–water partition coefficient (Wildman–Crippen LogP) is 2.79. The van der Waals surface area contributed by atoms with Crippen molar-refractivity contribution >= 4 is 16.7 Å². The summed E-state index contributed by atoms with van der Waals surface area (Å²) in [5.41, 5.74) is 7.66. The Morgan fingerprint density at radius 3 is 2.85 bits per heavy atom. The van der Waals surface area contributed by atoms with Gasteiger partial charge in [0.2, 0.25) is 0 Å². The van der Waals surface area contributed by atoms with Gasteiger partial charge in [0, 0.05) is 18.2 Å². The van der Waals surface area contributed by atoms with Crippen LogP contribution in [0.3, 0.4) is 0 Å². The number of nitrogens with two attached hydrogens (primary N) is 1. The summed E-state index contributed by atoms with van der Waals surface area (Å²) in [4.78, 5) is 12.1. The zero-order valence-corrected chi connectivity index (χ0v) is 11.7. The molecule has 0 heterocycles. The normalized spacial score (nSPS) is 16.1. The molecule has 1 aliphatic rings. The molecule has 0 aromatic heterocycles. The van der Waals surface area contributed by atoms with Gasteiger partial charge >= 0.3 is 0 Å². The van der Waals surface area contributed by atoms with Crippen LogP contribution < -0.4 is 11.1 Å². The van der Waals surface area contributed by atoms with Gasteiger partial charge < -0.3 is 11.1 Å². The third-order valence-corrected chi connectivity index (χ3v) is 3.92. The van der Waals surface area contributed by atoms with Crippen LogP contribution in [0, 0.1) is 0 Å². The van der Waals surface area contributed by atoms with Crippen molar-refractivity contribution in [1.29, 1.82) is 0 Å². The summed E-state index contributed by atoms with van der Waals surface area (Å²) in [6.45, 7) is 2.36. The number of benzene rings is 2. The first-order valence-electron chi connectivity index (χ1n) is 7.22. The van der Waals surface area contributed by atoms with Gasteiger partial charge in [-0.1, -0.05) is 24.3 Å². The SMILES string of the molecule is CC(CN)NC(=O)c1ccc2c(C3CC3)cccc2c1. The molecule has 1 amide bonds. The van der Waals surface area contributed by atoms with Crippen molar-refractivity contribution in [2.75, 3.05) is 6.54 Å². The van der Waals surface area contributed by atoms with Crippen molar-refractivity contribution in [3.63, 3.8) is 0 Å². The van der Waals surface area contributed by atoms with E-state index in [1.165, 1.54) is 23.8 Å². The van der Waals surface area contributed by atoms with Crippen molar-refractivity contribution in [1.82, 2.24) is 5.32 Å². The minimum Gasteiger partial charge on any atom is -0.348 e. The van der Waals surface area contributed by atoms with E-state index in [-0.39, 0.29) is 11.9 Å². The van der Waals surface area contributed by atoms with Crippen LogP contribution in [0.1, 0.15) is 41.6 Å². The predicted molar refractivity (Wildman–Crippen MR) is 81.9 cm³/mol. The lowest BCUT2D eigenvalue weighted by Gasteiger charge is -2.12. The summed E-state index contributed by atoms with van der Waals surface area (Å²) in [5.74, 6) is 0.664. The summed E-state index contributed by atoms with van der Waals surface area (Å²) >= 11 is 0. The average molecular weight is 268 g/mol. The number of nitrogens with one attached hydrogen (secondary N) is 1. The fourth-order valence-electron chi connectivity index (χ4n) is 2.57. The molecule has 0 saturated heterocycles. The molecule has 3 heteroatoms. The molecular formula is C17H20N2O. The highest BCUT2D eigenvalue weighted by atomic mass is 16.1. The molecule has 0 radical (unpaired) electrons. The molecule has 20 heavy (non-hydrogen) atoms. The van der Waals surface area contributed by atoms with Crippen LogP contribution in [-0.4, -0.2) is 18.5 Å². The first kappa shape index (κ1) is 13.1. The van der Waals surface area contributed by atoms with E-state index in [4.69, 9.17) is 5.73 Å². The third kappa shape index (κ3) is 2.54. The Bertz CT molecular complexity index is 646. The van der Waals surface area contributed by atoms with Crippen LogP contribution in [0.25, 0.3) is 10.8 Å². The van der Waals surface area contributed by atoms with Gasteiger partial charge in [0.1, 0.15) is 0 Å². The van der Waals surface area contributed by atoms with Crippen molar-refractivity contribution in [2.45, 2.75) is 31.7 Å². The molecule has 1 unspecified atom stereocenters. The van der Waals surface area contributed by atoms with Crippen LogP contribution in [0.4, 0.5) is 0 Å². The number of amides is 1. The summed E-state index contributed by atoms with van der Waals surface area (Å²) in [6.07, 6.45) is 2.57. The highest BCUT2D eigenvalue weighted by molar-refractivity contribution is 5.99. The van der Waals surface area contributed by atoms with Crippen LogP contribution in [0.2, 0.25) is 0 Å². The quantitative estimate of drug-likeness (QED) is 0.896. The lowest BCUT2D eigenvalue weighted by atomic mass is 9.99. The van der Waals surface area contributed by atoms with E-state index in [9.17, 15) is 4.79 Å². The van der Waals surface area contributed by atoms with Crippen molar-refractivity contribution in [3.8, 4) is 0 Å². The molecule has 3 rings (SSSR count). The van der Waals surface area contributed by atoms with Crippen molar-refractivity contribution in [3.05, 3.63) is 47.5 Å². The highest BCUT2D eigenvalue weighted by Gasteiger charge is 2.25. The summed E-state index contributed by atoms with van der Waals surface area (Å²) in [5, 5.41) is 5.31. The Kier molecular flexibility index (Phi) is 3.45. The number of carbonyl (C=O) groups is 1. The van der Waals surface area contributed by atoms with E-state index in [1.54, 1.807) is 0 Å². The first-order chi connectivity index (χ1) is 9.69. The van der Waals surface area contributed by atoms with Gasteiger partial charge in [0.15, 0.2) is 0 Å². The molecule has 1 fully saturated rings. The maximum atomic E-state index is 12.1. The largest absolute Gasteiger partial charge is 0.348 e. The van der Waals surface area contributed by atoms with E-state index >= 15 is 0 Å². The lowest BCUT2D eigenvalue weighted by Crippen LogP contribution is -2.37. The van der Waals surface area contributed by atoms with Gasteiger partial charge in [-0.05, 0) is 54.2 Å². The van der Waals surface area contributed by atoms with Gasteiger partial charge in [0.25, 0.3) is 5.91 Å². The van der Waals surface area contributed by atoms with Crippen molar-refractivity contribution in [2.24, 2.45) is 5.73 Å². The molecular weight excluding hydrogens is 248 g/mol. The molecule has 1 aliphatic carbocycles. The van der Waals surface area contributed by atoms with Gasteiger partial charge in [0.05, 0.1) is 0 Å². The Hall–Kier alpha value is -1.87. The number of hydrogen-bond acceptors (Lipinski definition) is 2. The Morgan fingerprint density at radius 2 is 2.15 bits per heavy atom. The van der Waals surface area contributed by atoms with E-state index in [1.807, 2.05) is 19.1 Å². The lowest BCUT2D eigenvalue weighted by molar-refractivity contribution is 0.0941. The van der Waals surface area contributed by atoms with Crippen LogP contribution in [0.15, 0.2) is 36.4 Å². The molecule has 3 nitrogen and oxygen atoms in total. The molecule has 1 saturated carbocycles. The molecule has 3 N–H and O–H groups in total. The fraction of sp³-hybridized carbons (Fsp3) is 0.353. The molecule has 104 valence electrons. The Balaban J connectivity index is 1.93. The Morgan fingerprint density at radius 1 is 1.35 bits per heavy atom. The average Bonchev–Trinajstić information content (AvgIpc) is 3.30.